The first-order valence-electron chi connectivity index (χ1n) is 14.2. The number of hydrogen-bond donors (Lipinski definition) is 1. The first-order valence-corrected chi connectivity index (χ1v) is 16.1. The molecule has 1 saturated heterocycles. The van der Waals surface area contributed by atoms with Gasteiger partial charge in [0.25, 0.3) is 5.91 Å². The maximum absolute atomic E-state index is 13.2. The van der Waals surface area contributed by atoms with Crippen molar-refractivity contribution >= 4 is 38.3 Å². The lowest BCUT2D eigenvalue weighted by atomic mass is 9.97. The fourth-order valence-electron chi connectivity index (χ4n) is 5.19. The first-order chi connectivity index (χ1) is 20.6. The molecule has 0 aliphatic carbocycles. The van der Waals surface area contributed by atoms with E-state index >= 15 is 0 Å². The monoisotopic (exact) mass is 606 g/mol. The molecular weight excluding hydrogens is 568 g/mol. The molecule has 0 radical (unpaired) electrons. The number of aromatic nitrogens is 3. The third kappa shape index (κ3) is 6.82. The quantitative estimate of drug-likeness (QED) is 0.287. The minimum atomic E-state index is -3.81. The van der Waals surface area contributed by atoms with Crippen LogP contribution in [-0.2, 0) is 19.5 Å². The molecule has 43 heavy (non-hydrogen) atoms. The van der Waals surface area contributed by atoms with E-state index in [1.54, 1.807) is 17.9 Å². The third-order valence-corrected chi connectivity index (χ3v) is 7.98. The van der Waals surface area contributed by atoms with Crippen LogP contribution < -0.4 is 14.5 Å². The maximum Gasteiger partial charge on any atom is 0.283 e. The van der Waals surface area contributed by atoms with Crippen molar-refractivity contribution in [2.45, 2.75) is 19.8 Å². The number of fused-ring (bicyclic) bond motifs is 1. The number of methoxy groups -OCH3 is 1. The highest BCUT2D eigenvalue weighted by Crippen LogP contribution is 2.36. The van der Waals surface area contributed by atoms with Crippen molar-refractivity contribution in [1.82, 2.24) is 19.5 Å². The van der Waals surface area contributed by atoms with Crippen LogP contribution in [0.15, 0.2) is 54.6 Å². The number of carbonyl (C=O) groups excluding carboxylic acids is 1. The lowest BCUT2D eigenvalue weighted by Crippen LogP contribution is -2.36. The molecule has 0 atom stereocenters. The van der Waals surface area contributed by atoms with E-state index in [4.69, 9.17) is 19.6 Å². The normalized spacial score (nSPS) is 14.0. The maximum atomic E-state index is 13.2. The first kappa shape index (κ1) is 30.5. The number of carbonyl (C=O) groups is 1. The number of hydrogen-bond acceptors (Lipinski definition) is 9. The second-order valence-electron chi connectivity index (χ2n) is 11.0. The van der Waals surface area contributed by atoms with Gasteiger partial charge in [0, 0.05) is 45.2 Å². The fraction of sp³-hybridized carbons (Fsp3) is 0.387. The van der Waals surface area contributed by atoms with Gasteiger partial charge in [0.15, 0.2) is 5.65 Å². The number of sulfonamides is 1. The molecule has 1 aliphatic heterocycles. The summed E-state index contributed by atoms with van der Waals surface area (Å²) in [6, 6.07) is 17.7. The molecule has 11 nitrogen and oxygen atoms in total. The smallest absolute Gasteiger partial charge is 0.283 e. The van der Waals surface area contributed by atoms with Crippen LogP contribution in [0.3, 0.4) is 0 Å². The summed E-state index contributed by atoms with van der Waals surface area (Å²) in [5.74, 6) is -0.760. The number of rotatable bonds is 10. The van der Waals surface area contributed by atoms with Gasteiger partial charge in [-0.1, -0.05) is 32.0 Å². The average Bonchev–Trinajstić information content (AvgIpc) is 3.39. The molecule has 0 unspecified atom stereocenters. The van der Waals surface area contributed by atoms with Crippen LogP contribution in [0.1, 0.15) is 35.9 Å². The topological polar surface area (TPSA) is 119 Å². The average molecular weight is 607 g/mol. The van der Waals surface area contributed by atoms with Crippen LogP contribution in [-0.4, -0.2) is 89.0 Å². The summed E-state index contributed by atoms with van der Waals surface area (Å²) in [7, 11) is -0.134. The summed E-state index contributed by atoms with van der Waals surface area (Å²) >= 11 is 0. The van der Waals surface area contributed by atoms with Crippen LogP contribution in [0.2, 0.25) is 0 Å². The number of pyridine rings is 1. The van der Waals surface area contributed by atoms with Crippen molar-refractivity contribution in [3.05, 3.63) is 66.0 Å². The van der Waals surface area contributed by atoms with E-state index in [1.807, 2.05) is 43.4 Å². The Balaban J connectivity index is 1.70. The van der Waals surface area contributed by atoms with Gasteiger partial charge in [-0.05, 0) is 53.4 Å². The minimum absolute atomic E-state index is 0.0185. The van der Waals surface area contributed by atoms with Crippen molar-refractivity contribution in [1.29, 1.82) is 0 Å². The second kappa shape index (κ2) is 12.7. The Hall–Kier alpha value is -4.00. The van der Waals surface area contributed by atoms with E-state index in [9.17, 15) is 13.2 Å². The van der Waals surface area contributed by atoms with Crippen molar-refractivity contribution in [3.63, 3.8) is 0 Å². The summed E-state index contributed by atoms with van der Waals surface area (Å²) in [4.78, 5) is 22.2. The Bertz CT molecular complexity index is 1710. The number of likely N-dealkylation sites (N-methyl/N-ethyl adjacent to an activating group) is 1. The van der Waals surface area contributed by atoms with Crippen LogP contribution in [0.25, 0.3) is 27.8 Å². The number of amides is 1. The van der Waals surface area contributed by atoms with E-state index in [0.29, 0.717) is 25.5 Å². The van der Waals surface area contributed by atoms with E-state index in [-0.39, 0.29) is 11.6 Å². The van der Waals surface area contributed by atoms with Gasteiger partial charge in [-0.25, -0.2) is 22.8 Å². The molecule has 228 valence electrons. The molecule has 1 N–H and O–H groups in total. The molecule has 2 aromatic carbocycles. The molecule has 0 bridgehead atoms. The van der Waals surface area contributed by atoms with Crippen LogP contribution in [0, 0.1) is 0 Å². The van der Waals surface area contributed by atoms with Gasteiger partial charge in [-0.15, -0.1) is 0 Å². The molecule has 4 aromatic rings. The predicted molar refractivity (Wildman–Crippen MR) is 169 cm³/mol. The molecular formula is C31H38N6O5S. The second-order valence-corrected chi connectivity index (χ2v) is 12.7. The fourth-order valence-corrected chi connectivity index (χ4v) is 5.63. The van der Waals surface area contributed by atoms with Crippen LogP contribution >= 0.6 is 0 Å². The van der Waals surface area contributed by atoms with Crippen molar-refractivity contribution in [2.75, 3.05) is 69.7 Å². The van der Waals surface area contributed by atoms with Crippen molar-refractivity contribution in [3.8, 4) is 16.8 Å². The highest BCUT2D eigenvalue weighted by Gasteiger charge is 2.24. The number of nitrogens with zero attached hydrogens (tertiary/aromatic N) is 5. The van der Waals surface area contributed by atoms with Gasteiger partial charge in [-0.2, -0.15) is 5.10 Å². The number of anilines is 2. The standard InChI is InChI=1S/C31H38N6O5S/c1-21(2)29-28-26(22-9-11-23(12-10-22)35(3)13-16-41-4)20-27(31(38)34-43(5,39)40)32-30(28)37(33-29)25-8-6-7-24(19-25)36-14-17-42-18-15-36/h6-12,19-21H,13-18H2,1-5H3,(H,34,38). The largest absolute Gasteiger partial charge is 0.383 e. The summed E-state index contributed by atoms with van der Waals surface area (Å²) in [6.07, 6.45) is 0.946. The van der Waals surface area contributed by atoms with E-state index in [2.05, 4.69) is 40.5 Å². The van der Waals surface area contributed by atoms with Crippen molar-refractivity contribution < 1.29 is 22.7 Å². The summed E-state index contributed by atoms with van der Waals surface area (Å²) < 4.78 is 38.5. The Morgan fingerprint density at radius 3 is 2.44 bits per heavy atom. The Morgan fingerprint density at radius 1 is 1.09 bits per heavy atom. The number of benzene rings is 2. The molecule has 5 rings (SSSR count). The molecule has 1 fully saturated rings. The SMILES string of the molecule is COCCN(C)c1ccc(-c2cc(C(=O)NS(C)(=O)=O)nc3c2c(C(C)C)nn3-c2cccc(N3CCOCC3)c2)cc1. The minimum Gasteiger partial charge on any atom is -0.383 e. The molecule has 0 spiro atoms. The highest BCUT2D eigenvalue weighted by atomic mass is 32.2. The van der Waals surface area contributed by atoms with Crippen molar-refractivity contribution in [2.24, 2.45) is 0 Å². The van der Waals surface area contributed by atoms with Crippen LogP contribution in [0.5, 0.6) is 0 Å². The van der Waals surface area contributed by atoms with Crippen LogP contribution in [0.4, 0.5) is 11.4 Å². The van der Waals surface area contributed by atoms with Gasteiger partial charge < -0.3 is 19.3 Å². The molecule has 3 heterocycles. The Labute approximate surface area is 252 Å². The van der Waals surface area contributed by atoms with E-state index < -0.39 is 15.9 Å². The highest BCUT2D eigenvalue weighted by molar-refractivity contribution is 7.89. The zero-order chi connectivity index (χ0) is 30.7. The number of ether oxygens (including phenoxy) is 2. The molecule has 2 aromatic heterocycles. The zero-order valence-electron chi connectivity index (χ0n) is 25.2. The third-order valence-electron chi connectivity index (χ3n) is 7.42. The molecule has 1 amide bonds. The van der Waals surface area contributed by atoms with Gasteiger partial charge in [0.2, 0.25) is 10.0 Å². The molecule has 1 aliphatic rings. The summed E-state index contributed by atoms with van der Waals surface area (Å²) in [5, 5.41) is 5.83. The van der Waals surface area contributed by atoms with Gasteiger partial charge in [0.1, 0.15) is 5.69 Å². The molecule has 0 saturated carbocycles. The predicted octanol–water partition coefficient (Wildman–Crippen LogP) is 3.82. The Kier molecular flexibility index (Phi) is 9.00. The Morgan fingerprint density at radius 2 is 1.79 bits per heavy atom. The number of nitrogens with one attached hydrogen (secondary N) is 1. The van der Waals surface area contributed by atoms with Gasteiger partial charge >= 0.3 is 0 Å². The summed E-state index contributed by atoms with van der Waals surface area (Å²) in [6.45, 7) is 8.38. The zero-order valence-corrected chi connectivity index (χ0v) is 26.0. The molecule has 12 heteroatoms. The number of morpholine rings is 1. The summed E-state index contributed by atoms with van der Waals surface area (Å²) in [5.41, 5.74) is 5.72. The van der Waals surface area contributed by atoms with Gasteiger partial charge in [0.05, 0.1) is 42.8 Å². The van der Waals surface area contributed by atoms with E-state index in [0.717, 1.165) is 65.2 Å². The lowest BCUT2D eigenvalue weighted by molar-refractivity contribution is 0.0977. The lowest BCUT2D eigenvalue weighted by Gasteiger charge is -2.29. The van der Waals surface area contributed by atoms with E-state index in [1.165, 1.54) is 0 Å². The van der Waals surface area contributed by atoms with Gasteiger partial charge in [-0.3, -0.25) is 4.79 Å².